The lowest BCUT2D eigenvalue weighted by Crippen LogP contribution is -1.72. The molecule has 0 atom stereocenters. The summed E-state index contributed by atoms with van der Waals surface area (Å²) in [6.45, 7) is 0. The van der Waals surface area contributed by atoms with E-state index in [1.165, 1.54) is 20.5 Å². The number of thiophene rings is 2. The van der Waals surface area contributed by atoms with Gasteiger partial charge in [-0.25, -0.2) is 0 Å². The van der Waals surface area contributed by atoms with Crippen molar-refractivity contribution in [3.63, 3.8) is 0 Å². The first-order valence-corrected chi connectivity index (χ1v) is 6.60. The summed E-state index contributed by atoms with van der Waals surface area (Å²) < 4.78 is 1.17. The summed E-state index contributed by atoms with van der Waals surface area (Å²) in [7, 11) is 0. The second kappa shape index (κ2) is 3.85. The lowest BCUT2D eigenvalue weighted by molar-refractivity contribution is 0.112. The maximum absolute atomic E-state index is 10.8. The summed E-state index contributed by atoms with van der Waals surface area (Å²) in [6, 6.07) is 12.3. The Morgan fingerprint density at radius 1 is 1.12 bits per heavy atom. The molecule has 0 bridgehead atoms. The van der Waals surface area contributed by atoms with Crippen molar-refractivity contribution in [2.75, 3.05) is 0 Å². The lowest BCUT2D eigenvalue weighted by Gasteiger charge is -1.98. The van der Waals surface area contributed by atoms with Crippen molar-refractivity contribution in [3.8, 4) is 10.4 Å². The van der Waals surface area contributed by atoms with E-state index in [1.807, 2.05) is 18.2 Å². The molecule has 0 saturated carbocycles. The predicted octanol–water partition coefficient (Wildman–Crippen LogP) is 4.44. The Morgan fingerprint density at radius 3 is 2.81 bits per heavy atom. The van der Waals surface area contributed by atoms with Crippen LogP contribution in [0.15, 0.2) is 41.8 Å². The molecular weight excluding hydrogens is 236 g/mol. The zero-order valence-corrected chi connectivity index (χ0v) is 9.98. The van der Waals surface area contributed by atoms with E-state index in [0.29, 0.717) is 0 Å². The maximum Gasteiger partial charge on any atom is 0.160 e. The van der Waals surface area contributed by atoms with Gasteiger partial charge in [-0.2, -0.15) is 0 Å². The van der Waals surface area contributed by atoms with Crippen molar-refractivity contribution < 1.29 is 4.79 Å². The summed E-state index contributed by atoms with van der Waals surface area (Å²) in [5.74, 6) is 0. The molecule has 3 aromatic rings. The van der Waals surface area contributed by atoms with E-state index in [9.17, 15) is 4.79 Å². The molecule has 3 rings (SSSR count). The molecule has 0 aliphatic heterocycles. The highest BCUT2D eigenvalue weighted by molar-refractivity contribution is 7.20. The van der Waals surface area contributed by atoms with Gasteiger partial charge in [0.1, 0.15) is 0 Å². The molecule has 0 saturated heterocycles. The summed E-state index contributed by atoms with van der Waals surface area (Å²) in [4.78, 5) is 12.8. The van der Waals surface area contributed by atoms with E-state index in [0.717, 1.165) is 11.2 Å². The minimum absolute atomic E-state index is 0.791. The van der Waals surface area contributed by atoms with E-state index in [2.05, 4.69) is 23.6 Å². The van der Waals surface area contributed by atoms with Gasteiger partial charge in [-0.3, -0.25) is 4.79 Å². The largest absolute Gasteiger partial charge is 0.297 e. The highest BCUT2D eigenvalue weighted by Gasteiger charge is 2.07. The van der Waals surface area contributed by atoms with Gasteiger partial charge in [0.25, 0.3) is 0 Å². The number of rotatable bonds is 2. The first-order valence-electron chi connectivity index (χ1n) is 4.90. The molecule has 2 heterocycles. The number of fused-ring (bicyclic) bond motifs is 1. The number of hydrogen-bond acceptors (Lipinski definition) is 3. The van der Waals surface area contributed by atoms with Gasteiger partial charge in [0.2, 0.25) is 0 Å². The van der Waals surface area contributed by atoms with Crippen molar-refractivity contribution in [2.24, 2.45) is 0 Å². The monoisotopic (exact) mass is 244 g/mol. The maximum atomic E-state index is 10.8. The Kier molecular flexibility index (Phi) is 2.35. The number of benzene rings is 1. The summed E-state index contributed by atoms with van der Waals surface area (Å²) in [6.07, 6.45) is 0.920. The quantitative estimate of drug-likeness (QED) is 0.609. The molecular formula is C13H8OS2. The standard InChI is InChI=1S/C13H8OS2/c14-8-9-7-11-10(12-5-2-6-15-12)3-1-4-13(11)16-9/h1-8H. The van der Waals surface area contributed by atoms with Gasteiger partial charge in [-0.1, -0.05) is 18.2 Å². The molecule has 16 heavy (non-hydrogen) atoms. The van der Waals surface area contributed by atoms with Crippen LogP contribution in [-0.2, 0) is 0 Å². The Balaban J connectivity index is 2.32. The van der Waals surface area contributed by atoms with Crippen molar-refractivity contribution in [3.05, 3.63) is 46.7 Å². The third kappa shape index (κ3) is 1.49. The summed E-state index contributed by atoms with van der Waals surface area (Å²) in [5.41, 5.74) is 1.22. The normalized spacial score (nSPS) is 10.8. The molecule has 0 amide bonds. The van der Waals surface area contributed by atoms with Crippen LogP contribution in [0.4, 0.5) is 0 Å². The second-order valence-corrected chi connectivity index (χ2v) is 5.52. The molecule has 0 spiro atoms. The van der Waals surface area contributed by atoms with Gasteiger partial charge < -0.3 is 0 Å². The van der Waals surface area contributed by atoms with E-state index in [-0.39, 0.29) is 0 Å². The van der Waals surface area contributed by atoms with Crippen molar-refractivity contribution in [1.29, 1.82) is 0 Å². The minimum atomic E-state index is 0.791. The van der Waals surface area contributed by atoms with Gasteiger partial charge in [0.15, 0.2) is 6.29 Å². The third-order valence-corrected chi connectivity index (χ3v) is 4.41. The Morgan fingerprint density at radius 2 is 2.06 bits per heavy atom. The number of hydrogen-bond donors (Lipinski definition) is 0. The molecule has 78 valence electrons. The SMILES string of the molecule is O=Cc1cc2c(-c3cccs3)cccc2s1. The molecule has 2 aromatic heterocycles. The zero-order chi connectivity index (χ0) is 11.0. The molecule has 0 radical (unpaired) electrons. The number of aldehydes is 1. The molecule has 0 unspecified atom stereocenters. The van der Waals surface area contributed by atoms with Crippen LogP contribution < -0.4 is 0 Å². The van der Waals surface area contributed by atoms with Crippen LogP contribution in [0.3, 0.4) is 0 Å². The van der Waals surface area contributed by atoms with Gasteiger partial charge >= 0.3 is 0 Å². The minimum Gasteiger partial charge on any atom is -0.297 e. The highest BCUT2D eigenvalue weighted by atomic mass is 32.1. The van der Waals surface area contributed by atoms with Crippen LogP contribution in [0.2, 0.25) is 0 Å². The highest BCUT2D eigenvalue weighted by Crippen LogP contribution is 2.35. The van der Waals surface area contributed by atoms with E-state index in [1.54, 1.807) is 22.7 Å². The summed E-state index contributed by atoms with van der Waals surface area (Å²) >= 11 is 3.27. The Bertz CT molecular complexity index is 635. The number of carbonyl (C=O) groups is 1. The van der Waals surface area contributed by atoms with Crippen LogP contribution >= 0.6 is 22.7 Å². The molecule has 0 aliphatic rings. The fraction of sp³-hybridized carbons (Fsp3) is 0. The van der Waals surface area contributed by atoms with Crippen LogP contribution in [0.1, 0.15) is 9.67 Å². The van der Waals surface area contributed by atoms with Gasteiger partial charge in [-0.05, 0) is 23.6 Å². The van der Waals surface area contributed by atoms with Crippen LogP contribution in [-0.4, -0.2) is 6.29 Å². The lowest BCUT2D eigenvalue weighted by atomic mass is 10.1. The molecule has 1 nitrogen and oxygen atoms in total. The Hall–Kier alpha value is -1.45. The molecule has 3 heteroatoms. The average Bonchev–Trinajstić information content (AvgIpc) is 2.97. The van der Waals surface area contributed by atoms with Crippen molar-refractivity contribution in [2.45, 2.75) is 0 Å². The average molecular weight is 244 g/mol. The Labute approximate surface area is 101 Å². The third-order valence-electron chi connectivity index (χ3n) is 2.48. The van der Waals surface area contributed by atoms with Crippen molar-refractivity contribution in [1.82, 2.24) is 0 Å². The first kappa shape index (κ1) is 9.75. The first-order chi connectivity index (χ1) is 7.88. The van der Waals surface area contributed by atoms with Crippen LogP contribution in [0.25, 0.3) is 20.5 Å². The van der Waals surface area contributed by atoms with E-state index >= 15 is 0 Å². The smallest absolute Gasteiger partial charge is 0.160 e. The van der Waals surface area contributed by atoms with Gasteiger partial charge in [-0.15, -0.1) is 22.7 Å². The molecule has 1 aromatic carbocycles. The van der Waals surface area contributed by atoms with E-state index in [4.69, 9.17) is 0 Å². The van der Waals surface area contributed by atoms with Crippen LogP contribution in [0.5, 0.6) is 0 Å². The predicted molar refractivity (Wildman–Crippen MR) is 70.5 cm³/mol. The topological polar surface area (TPSA) is 17.1 Å². The zero-order valence-electron chi connectivity index (χ0n) is 8.34. The number of carbonyl (C=O) groups excluding carboxylic acids is 1. The second-order valence-electron chi connectivity index (χ2n) is 3.46. The van der Waals surface area contributed by atoms with Gasteiger partial charge in [0.05, 0.1) is 4.88 Å². The van der Waals surface area contributed by atoms with Gasteiger partial charge in [0, 0.05) is 20.5 Å². The summed E-state index contributed by atoms with van der Waals surface area (Å²) in [5, 5.41) is 3.25. The molecule has 0 N–H and O–H groups in total. The molecule has 0 fully saturated rings. The van der Waals surface area contributed by atoms with Crippen LogP contribution in [0, 0.1) is 0 Å². The van der Waals surface area contributed by atoms with Crippen molar-refractivity contribution >= 4 is 39.0 Å². The molecule has 0 aliphatic carbocycles. The fourth-order valence-corrected chi connectivity index (χ4v) is 3.46. The van der Waals surface area contributed by atoms with E-state index < -0.39 is 0 Å². The fourth-order valence-electron chi connectivity index (χ4n) is 1.79.